The molecule has 110 valence electrons. The lowest BCUT2D eigenvalue weighted by Gasteiger charge is -2.20. The van der Waals surface area contributed by atoms with Gasteiger partial charge in [0.25, 0.3) is 11.6 Å². The highest BCUT2D eigenvalue weighted by atomic mass is 16.6. The summed E-state index contributed by atoms with van der Waals surface area (Å²) in [6.07, 6.45) is 0. The van der Waals surface area contributed by atoms with Crippen LogP contribution in [-0.4, -0.2) is 49.5 Å². The van der Waals surface area contributed by atoms with Gasteiger partial charge in [-0.1, -0.05) is 0 Å². The lowest BCUT2D eigenvalue weighted by atomic mass is 10.1. The molecule has 0 saturated heterocycles. The second-order valence-corrected chi connectivity index (χ2v) is 4.76. The third kappa shape index (κ3) is 3.92. The number of carbonyl (C=O) groups excluding carboxylic acids is 1. The van der Waals surface area contributed by atoms with Gasteiger partial charge in [-0.2, -0.15) is 0 Å². The van der Waals surface area contributed by atoms with Crippen LogP contribution < -0.4 is 10.6 Å². The molecule has 1 aromatic carbocycles. The van der Waals surface area contributed by atoms with Crippen LogP contribution in [0.1, 0.15) is 17.3 Å². The zero-order valence-corrected chi connectivity index (χ0v) is 12.1. The summed E-state index contributed by atoms with van der Waals surface area (Å²) in [5.41, 5.74) is 0.522. The highest BCUT2D eigenvalue weighted by Gasteiger charge is 2.21. The molecule has 1 atom stereocenters. The summed E-state index contributed by atoms with van der Waals surface area (Å²) >= 11 is 0. The predicted molar refractivity (Wildman–Crippen MR) is 78.1 cm³/mol. The van der Waals surface area contributed by atoms with E-state index in [1.807, 2.05) is 25.9 Å². The van der Waals surface area contributed by atoms with Crippen molar-refractivity contribution >= 4 is 17.3 Å². The first-order chi connectivity index (χ1) is 9.36. The molecule has 1 rings (SSSR count). The van der Waals surface area contributed by atoms with E-state index in [-0.39, 0.29) is 17.3 Å². The van der Waals surface area contributed by atoms with E-state index < -0.39 is 10.8 Å². The van der Waals surface area contributed by atoms with Crippen LogP contribution in [0.5, 0.6) is 0 Å². The van der Waals surface area contributed by atoms with Crippen molar-refractivity contribution in [2.75, 3.05) is 33.0 Å². The number of nitro groups is 1. The normalized spacial score (nSPS) is 12.1. The van der Waals surface area contributed by atoms with Crippen LogP contribution in [0.15, 0.2) is 18.2 Å². The van der Waals surface area contributed by atoms with E-state index in [0.717, 1.165) is 0 Å². The summed E-state index contributed by atoms with van der Waals surface area (Å²) in [5.74, 6) is -0.442. The molecule has 20 heavy (non-hydrogen) atoms. The van der Waals surface area contributed by atoms with Crippen molar-refractivity contribution in [3.05, 3.63) is 33.9 Å². The summed E-state index contributed by atoms with van der Waals surface area (Å²) in [6.45, 7) is 2.38. The van der Waals surface area contributed by atoms with Crippen LogP contribution in [0.2, 0.25) is 0 Å². The average Bonchev–Trinajstić information content (AvgIpc) is 2.43. The molecule has 7 heteroatoms. The Morgan fingerprint density at radius 2 is 2.10 bits per heavy atom. The molecule has 0 fully saturated rings. The third-order valence-corrected chi connectivity index (χ3v) is 3.17. The minimum Gasteiger partial charge on any atom is -0.388 e. The van der Waals surface area contributed by atoms with E-state index in [2.05, 4.69) is 10.6 Å². The van der Waals surface area contributed by atoms with Crippen molar-refractivity contribution in [1.29, 1.82) is 0 Å². The molecule has 0 spiro atoms. The fraction of sp³-hybridized carbons (Fsp3) is 0.462. The van der Waals surface area contributed by atoms with Gasteiger partial charge in [0.05, 0.1) is 4.92 Å². The van der Waals surface area contributed by atoms with Crippen molar-refractivity contribution in [2.24, 2.45) is 0 Å². The summed E-state index contributed by atoms with van der Waals surface area (Å²) in [7, 11) is 5.50. The molecule has 1 aromatic rings. The SMILES string of the molecule is CNc1ccc([N+](=O)[O-])c(C(=O)NCC(C)N(C)C)c1. The Hall–Kier alpha value is -2.15. The zero-order chi connectivity index (χ0) is 15.3. The Morgan fingerprint density at radius 3 is 2.60 bits per heavy atom. The lowest BCUT2D eigenvalue weighted by Crippen LogP contribution is -2.38. The first-order valence-corrected chi connectivity index (χ1v) is 6.27. The molecule has 1 amide bonds. The minimum absolute atomic E-state index is 0.0628. The molecule has 0 radical (unpaired) electrons. The van der Waals surface area contributed by atoms with Gasteiger partial charge in [0.15, 0.2) is 0 Å². The van der Waals surface area contributed by atoms with E-state index in [0.29, 0.717) is 12.2 Å². The van der Waals surface area contributed by atoms with Crippen LogP contribution in [-0.2, 0) is 0 Å². The van der Waals surface area contributed by atoms with Crippen LogP contribution >= 0.6 is 0 Å². The minimum atomic E-state index is -0.552. The van der Waals surface area contributed by atoms with Gasteiger partial charge in [-0.05, 0) is 33.2 Å². The number of anilines is 1. The number of carbonyl (C=O) groups is 1. The van der Waals surface area contributed by atoms with E-state index in [1.165, 1.54) is 12.1 Å². The Balaban J connectivity index is 2.93. The molecule has 0 saturated carbocycles. The van der Waals surface area contributed by atoms with Crippen molar-refractivity contribution in [2.45, 2.75) is 13.0 Å². The third-order valence-electron chi connectivity index (χ3n) is 3.17. The molecule has 0 aromatic heterocycles. The largest absolute Gasteiger partial charge is 0.388 e. The van der Waals surface area contributed by atoms with E-state index in [9.17, 15) is 14.9 Å². The van der Waals surface area contributed by atoms with Gasteiger partial charge < -0.3 is 15.5 Å². The maximum Gasteiger partial charge on any atom is 0.282 e. The molecular weight excluding hydrogens is 260 g/mol. The summed E-state index contributed by atoms with van der Waals surface area (Å²) in [6, 6.07) is 4.52. The van der Waals surface area contributed by atoms with Gasteiger partial charge in [0.1, 0.15) is 5.56 Å². The molecule has 1 unspecified atom stereocenters. The monoisotopic (exact) mass is 280 g/mol. The number of nitrogens with zero attached hydrogens (tertiary/aromatic N) is 2. The Bertz CT molecular complexity index is 502. The number of nitro benzene ring substituents is 1. The molecule has 0 aliphatic heterocycles. The Kier molecular flexibility index (Phi) is 5.45. The average molecular weight is 280 g/mol. The van der Waals surface area contributed by atoms with Gasteiger partial charge in [-0.15, -0.1) is 0 Å². The topological polar surface area (TPSA) is 87.5 Å². The van der Waals surface area contributed by atoms with Crippen molar-refractivity contribution in [3.8, 4) is 0 Å². The number of nitrogens with one attached hydrogen (secondary N) is 2. The van der Waals surface area contributed by atoms with E-state index in [4.69, 9.17) is 0 Å². The maximum absolute atomic E-state index is 12.1. The molecule has 0 bridgehead atoms. The van der Waals surface area contributed by atoms with Crippen molar-refractivity contribution in [1.82, 2.24) is 10.2 Å². The van der Waals surface area contributed by atoms with Gasteiger partial charge in [-0.3, -0.25) is 14.9 Å². The van der Waals surface area contributed by atoms with Crippen LogP contribution in [0.3, 0.4) is 0 Å². The van der Waals surface area contributed by atoms with Crippen LogP contribution in [0, 0.1) is 10.1 Å². The number of likely N-dealkylation sites (N-methyl/N-ethyl adjacent to an activating group) is 1. The first-order valence-electron chi connectivity index (χ1n) is 6.27. The molecule has 0 aliphatic rings. The zero-order valence-electron chi connectivity index (χ0n) is 12.1. The first kappa shape index (κ1) is 15.9. The Morgan fingerprint density at radius 1 is 1.45 bits per heavy atom. The fourth-order valence-electron chi connectivity index (χ4n) is 1.55. The Labute approximate surface area is 118 Å². The predicted octanol–water partition coefficient (Wildman–Crippen LogP) is 1.32. The van der Waals surface area contributed by atoms with Gasteiger partial charge in [0, 0.05) is 31.4 Å². The summed E-state index contributed by atoms with van der Waals surface area (Å²) in [5, 5.41) is 16.5. The highest BCUT2D eigenvalue weighted by molar-refractivity contribution is 5.99. The van der Waals surface area contributed by atoms with Gasteiger partial charge in [-0.25, -0.2) is 0 Å². The van der Waals surface area contributed by atoms with Crippen molar-refractivity contribution < 1.29 is 9.72 Å². The molecule has 2 N–H and O–H groups in total. The van der Waals surface area contributed by atoms with Gasteiger partial charge >= 0.3 is 0 Å². The number of benzene rings is 1. The lowest BCUT2D eigenvalue weighted by molar-refractivity contribution is -0.385. The molecule has 7 nitrogen and oxygen atoms in total. The standard InChI is InChI=1S/C13H20N4O3/c1-9(16(3)4)8-15-13(18)11-7-10(14-2)5-6-12(11)17(19)20/h5-7,9,14H,8H2,1-4H3,(H,15,18). The summed E-state index contributed by atoms with van der Waals surface area (Å²) < 4.78 is 0. The summed E-state index contributed by atoms with van der Waals surface area (Å²) in [4.78, 5) is 24.5. The second kappa shape index (κ2) is 6.85. The van der Waals surface area contributed by atoms with E-state index in [1.54, 1.807) is 13.1 Å². The van der Waals surface area contributed by atoms with Crippen LogP contribution in [0.4, 0.5) is 11.4 Å². The molecule has 0 aliphatic carbocycles. The number of hydrogen-bond acceptors (Lipinski definition) is 5. The van der Waals surface area contributed by atoms with Crippen LogP contribution in [0.25, 0.3) is 0 Å². The number of rotatable bonds is 6. The molecular formula is C13H20N4O3. The number of hydrogen-bond donors (Lipinski definition) is 2. The van der Waals surface area contributed by atoms with Crippen molar-refractivity contribution in [3.63, 3.8) is 0 Å². The highest BCUT2D eigenvalue weighted by Crippen LogP contribution is 2.22. The second-order valence-electron chi connectivity index (χ2n) is 4.76. The number of amides is 1. The van der Waals surface area contributed by atoms with Gasteiger partial charge in [0.2, 0.25) is 0 Å². The molecule has 0 heterocycles. The smallest absolute Gasteiger partial charge is 0.282 e. The fourth-order valence-corrected chi connectivity index (χ4v) is 1.55. The quantitative estimate of drug-likeness (QED) is 0.606. The maximum atomic E-state index is 12.1. The van der Waals surface area contributed by atoms with E-state index >= 15 is 0 Å².